The first-order valence-corrected chi connectivity index (χ1v) is 22.4. The van der Waals surface area contributed by atoms with E-state index < -0.39 is 6.10 Å². The molecule has 316 valence electrons. The molecule has 0 radical (unpaired) electrons. The lowest BCUT2D eigenvalue weighted by Crippen LogP contribution is -2.30. The molecule has 5 heteroatoms. The van der Waals surface area contributed by atoms with Crippen molar-refractivity contribution < 1.29 is 23.8 Å². The zero-order chi connectivity index (χ0) is 40.7. The second kappa shape index (κ2) is 45.9. The van der Waals surface area contributed by atoms with Crippen molar-refractivity contribution in [1.29, 1.82) is 0 Å². The van der Waals surface area contributed by atoms with Gasteiger partial charge in [0, 0.05) is 19.4 Å². The van der Waals surface area contributed by atoms with Gasteiger partial charge in [0.05, 0.1) is 6.61 Å². The molecule has 1 atom stereocenters. The van der Waals surface area contributed by atoms with Crippen molar-refractivity contribution in [3.8, 4) is 0 Å². The Morgan fingerprint density at radius 3 is 1.36 bits per heavy atom. The molecule has 0 saturated heterocycles. The zero-order valence-corrected chi connectivity index (χ0v) is 36.1. The van der Waals surface area contributed by atoms with Gasteiger partial charge in [-0.1, -0.05) is 169 Å². The first-order valence-electron chi connectivity index (χ1n) is 22.4. The van der Waals surface area contributed by atoms with Crippen LogP contribution >= 0.6 is 0 Å². The van der Waals surface area contributed by atoms with E-state index in [0.29, 0.717) is 25.9 Å². The fourth-order valence-corrected chi connectivity index (χ4v) is 5.51. The van der Waals surface area contributed by atoms with E-state index in [1.54, 1.807) is 0 Å². The minimum atomic E-state index is -0.589. The molecule has 0 fully saturated rings. The summed E-state index contributed by atoms with van der Waals surface area (Å²) in [5.41, 5.74) is 0. The molecular weight excluding hydrogens is 693 g/mol. The van der Waals surface area contributed by atoms with E-state index in [0.717, 1.165) is 109 Å². The van der Waals surface area contributed by atoms with Crippen molar-refractivity contribution in [2.45, 2.75) is 181 Å². The second-order valence-corrected chi connectivity index (χ2v) is 14.2. The normalized spacial score (nSPS) is 13.3. The number of unbranched alkanes of at least 4 members (excludes halogenated alkanes) is 10. The van der Waals surface area contributed by atoms with Crippen molar-refractivity contribution >= 4 is 11.9 Å². The van der Waals surface area contributed by atoms with Crippen LogP contribution in [0.25, 0.3) is 0 Å². The third kappa shape index (κ3) is 43.3. The zero-order valence-electron chi connectivity index (χ0n) is 36.1. The number of carbonyl (C=O) groups is 2. The van der Waals surface area contributed by atoms with E-state index in [1.807, 2.05) is 6.08 Å². The Hall–Kier alpha value is -3.44. The highest BCUT2D eigenvalue weighted by Crippen LogP contribution is 2.11. The molecule has 0 bridgehead atoms. The molecule has 0 saturated carbocycles. The van der Waals surface area contributed by atoms with E-state index in [4.69, 9.17) is 14.2 Å². The lowest BCUT2D eigenvalue weighted by molar-refractivity contribution is -0.162. The maximum Gasteiger partial charge on any atom is 0.306 e. The van der Waals surface area contributed by atoms with Gasteiger partial charge >= 0.3 is 11.9 Å². The first-order chi connectivity index (χ1) is 27.6. The van der Waals surface area contributed by atoms with Gasteiger partial charge in [0.2, 0.25) is 0 Å². The number of hydrogen-bond donors (Lipinski definition) is 0. The first kappa shape index (κ1) is 52.6. The van der Waals surface area contributed by atoms with Gasteiger partial charge in [-0.05, 0) is 103 Å². The van der Waals surface area contributed by atoms with Gasteiger partial charge < -0.3 is 14.2 Å². The molecule has 0 amide bonds. The second-order valence-electron chi connectivity index (χ2n) is 14.2. The minimum absolute atomic E-state index is 0.0255. The average molecular weight is 775 g/mol. The summed E-state index contributed by atoms with van der Waals surface area (Å²) in [6.45, 7) is 7.36. The number of ether oxygens (including phenoxy) is 3. The van der Waals surface area contributed by atoms with Gasteiger partial charge in [-0.2, -0.15) is 0 Å². The van der Waals surface area contributed by atoms with Crippen LogP contribution in [-0.4, -0.2) is 37.9 Å². The summed E-state index contributed by atoms with van der Waals surface area (Å²) in [6.07, 6.45) is 62.4. The standard InChI is InChI=1S/C51H82O5/c1-4-7-10-13-16-19-22-25-28-31-34-37-40-43-46-54-47-49(56-51(53)45-42-39-36-33-30-27-24-21-18-15-12-9-6-3)48-55-50(52)44-41-38-35-32-29-26-23-20-17-14-11-8-5-2/h7-8,10-12,15-17,19-21,24-26,28-29,35,38,49H,4-6,9,13-14,18,22-23,27,30-34,36-37,39-48H2,1-3H3/b10-7-,11-8-,15-12-,19-16-,20-17-,24-21-,28-25-,29-26-,38-35-. The average Bonchev–Trinajstić information content (AvgIpc) is 3.20. The molecule has 5 nitrogen and oxygen atoms in total. The molecule has 0 aromatic rings. The van der Waals surface area contributed by atoms with Gasteiger partial charge in [0.1, 0.15) is 6.61 Å². The molecular formula is C51H82O5. The molecule has 0 aromatic carbocycles. The predicted molar refractivity (Wildman–Crippen MR) is 242 cm³/mol. The Morgan fingerprint density at radius 1 is 0.411 bits per heavy atom. The SMILES string of the molecule is CC/C=C\C/C=C\C/C=C\C/C=C\CCC(=O)OCC(COCCCCCC/C=C\C/C=C\C/C=C\CC)OC(=O)CCCCCCC/C=C\C/C=C\CCC. The van der Waals surface area contributed by atoms with Crippen LogP contribution in [0.5, 0.6) is 0 Å². The fourth-order valence-electron chi connectivity index (χ4n) is 5.51. The summed E-state index contributed by atoms with van der Waals surface area (Å²) in [7, 11) is 0. The molecule has 0 rings (SSSR count). The van der Waals surface area contributed by atoms with Crippen LogP contribution in [0.15, 0.2) is 109 Å². The van der Waals surface area contributed by atoms with Gasteiger partial charge in [-0.3, -0.25) is 9.59 Å². The molecule has 56 heavy (non-hydrogen) atoms. The summed E-state index contributed by atoms with van der Waals surface area (Å²) in [5, 5.41) is 0. The Morgan fingerprint density at radius 2 is 0.839 bits per heavy atom. The smallest absolute Gasteiger partial charge is 0.306 e. The van der Waals surface area contributed by atoms with Gasteiger partial charge in [0.25, 0.3) is 0 Å². The van der Waals surface area contributed by atoms with Crippen molar-refractivity contribution in [3.63, 3.8) is 0 Å². The highest BCUT2D eigenvalue weighted by Gasteiger charge is 2.17. The summed E-state index contributed by atoms with van der Waals surface area (Å²) in [5.74, 6) is -0.532. The van der Waals surface area contributed by atoms with E-state index in [2.05, 4.69) is 124 Å². The van der Waals surface area contributed by atoms with Crippen LogP contribution in [0.1, 0.15) is 175 Å². The van der Waals surface area contributed by atoms with Crippen LogP contribution in [0.3, 0.4) is 0 Å². The van der Waals surface area contributed by atoms with E-state index in [-0.39, 0.29) is 25.2 Å². The molecule has 0 heterocycles. The predicted octanol–water partition coefficient (Wildman–Crippen LogP) is 14.9. The number of rotatable bonds is 39. The third-order valence-electron chi connectivity index (χ3n) is 8.77. The lowest BCUT2D eigenvalue weighted by Gasteiger charge is -2.18. The maximum absolute atomic E-state index is 12.7. The Bertz CT molecular complexity index is 1150. The number of hydrogen-bond acceptors (Lipinski definition) is 5. The van der Waals surface area contributed by atoms with Crippen LogP contribution in [-0.2, 0) is 23.8 Å². The molecule has 0 aromatic heterocycles. The Balaban J connectivity index is 4.45. The van der Waals surface area contributed by atoms with E-state index in [9.17, 15) is 9.59 Å². The van der Waals surface area contributed by atoms with Crippen LogP contribution in [0.4, 0.5) is 0 Å². The van der Waals surface area contributed by atoms with Gasteiger partial charge in [0.15, 0.2) is 6.10 Å². The summed E-state index contributed by atoms with van der Waals surface area (Å²) < 4.78 is 17.2. The van der Waals surface area contributed by atoms with Crippen molar-refractivity contribution in [1.82, 2.24) is 0 Å². The Kier molecular flexibility index (Phi) is 43.1. The van der Waals surface area contributed by atoms with E-state index >= 15 is 0 Å². The summed E-state index contributed by atoms with van der Waals surface area (Å²) >= 11 is 0. The molecule has 1 unspecified atom stereocenters. The van der Waals surface area contributed by atoms with Crippen molar-refractivity contribution in [2.24, 2.45) is 0 Å². The summed E-state index contributed by atoms with van der Waals surface area (Å²) in [4.78, 5) is 25.2. The molecule has 0 N–H and O–H groups in total. The largest absolute Gasteiger partial charge is 0.462 e. The minimum Gasteiger partial charge on any atom is -0.462 e. The van der Waals surface area contributed by atoms with Crippen molar-refractivity contribution in [3.05, 3.63) is 109 Å². The molecule has 0 aliphatic carbocycles. The monoisotopic (exact) mass is 775 g/mol. The van der Waals surface area contributed by atoms with Crippen molar-refractivity contribution in [2.75, 3.05) is 19.8 Å². The van der Waals surface area contributed by atoms with Crippen LogP contribution in [0.2, 0.25) is 0 Å². The molecule has 0 spiro atoms. The fraction of sp³-hybridized carbons (Fsp3) is 0.608. The molecule has 0 aliphatic heterocycles. The number of esters is 2. The number of allylic oxidation sites excluding steroid dienone is 18. The van der Waals surface area contributed by atoms with Gasteiger partial charge in [-0.25, -0.2) is 0 Å². The van der Waals surface area contributed by atoms with Crippen LogP contribution < -0.4 is 0 Å². The molecule has 0 aliphatic rings. The quantitative estimate of drug-likeness (QED) is 0.0354. The summed E-state index contributed by atoms with van der Waals surface area (Å²) in [6, 6.07) is 0. The Labute approximate surface area is 344 Å². The highest BCUT2D eigenvalue weighted by molar-refractivity contribution is 5.70. The topological polar surface area (TPSA) is 61.8 Å². The third-order valence-corrected chi connectivity index (χ3v) is 8.77. The van der Waals surface area contributed by atoms with E-state index in [1.165, 1.54) is 25.7 Å². The van der Waals surface area contributed by atoms with Gasteiger partial charge in [-0.15, -0.1) is 0 Å². The van der Waals surface area contributed by atoms with Crippen LogP contribution in [0, 0.1) is 0 Å². The maximum atomic E-state index is 12.7. The lowest BCUT2D eigenvalue weighted by atomic mass is 10.1. The number of carbonyl (C=O) groups excluding carboxylic acids is 2. The highest BCUT2D eigenvalue weighted by atomic mass is 16.6.